The smallest absolute Gasteiger partial charge is 0.0927 e. The van der Waals surface area contributed by atoms with Crippen LogP contribution in [0, 0.1) is 0 Å². The first kappa shape index (κ1) is 5.09. The fourth-order valence-corrected chi connectivity index (χ4v) is 0.534. The Morgan fingerprint density at radius 1 is 1.75 bits per heavy atom. The van der Waals surface area contributed by atoms with E-state index in [-0.39, 0.29) is 0 Å². The topological polar surface area (TPSA) is 28.7 Å². The van der Waals surface area contributed by atoms with Gasteiger partial charge in [0.05, 0.1) is 12.0 Å². The summed E-state index contributed by atoms with van der Waals surface area (Å²) in [7, 11) is 0. The first-order chi connectivity index (χ1) is 3.93. The van der Waals surface area contributed by atoms with Crippen molar-refractivity contribution < 1.29 is 0 Å². The van der Waals surface area contributed by atoms with Crippen molar-refractivity contribution in [1.82, 2.24) is 9.97 Å². The Balaban J connectivity index is 2.77. The largest absolute Gasteiger partial charge is 0.351 e. The number of imidazole rings is 1. The van der Waals surface area contributed by atoms with Gasteiger partial charge in [-0.25, -0.2) is 4.98 Å². The molecule has 0 aromatic carbocycles. The molecular weight excluding hydrogens is 100 g/mol. The Kier molecular flexibility index (Phi) is 1.47. The van der Waals surface area contributed by atoms with E-state index in [9.17, 15) is 0 Å². The van der Waals surface area contributed by atoms with Gasteiger partial charge in [-0.1, -0.05) is 6.08 Å². The minimum Gasteiger partial charge on any atom is -0.351 e. The first-order valence-corrected chi connectivity index (χ1v) is 2.55. The van der Waals surface area contributed by atoms with Gasteiger partial charge in [0.25, 0.3) is 0 Å². The van der Waals surface area contributed by atoms with Crippen LogP contribution in [0.15, 0.2) is 18.6 Å². The van der Waals surface area contributed by atoms with Gasteiger partial charge in [-0.2, -0.15) is 0 Å². The molecule has 2 nitrogen and oxygen atoms in total. The van der Waals surface area contributed by atoms with Gasteiger partial charge in [0.1, 0.15) is 0 Å². The lowest BCUT2D eigenvalue weighted by atomic mass is 10.4. The van der Waals surface area contributed by atoms with Gasteiger partial charge in [0.2, 0.25) is 0 Å². The van der Waals surface area contributed by atoms with Crippen molar-refractivity contribution in [3.8, 4) is 0 Å². The summed E-state index contributed by atoms with van der Waals surface area (Å²) in [6, 6.07) is 0. The van der Waals surface area contributed by atoms with Gasteiger partial charge >= 0.3 is 0 Å². The molecule has 0 aliphatic rings. The molecule has 0 amide bonds. The number of nitrogens with zero attached hydrogens (tertiary/aromatic N) is 1. The molecule has 1 rings (SSSR count). The maximum absolute atomic E-state index is 3.96. The Bertz CT molecular complexity index is 163. The molecule has 0 unspecified atom stereocenters. The lowest BCUT2D eigenvalue weighted by Crippen LogP contribution is -1.63. The van der Waals surface area contributed by atoms with Gasteiger partial charge in [0, 0.05) is 6.20 Å². The summed E-state index contributed by atoms with van der Waals surface area (Å²) in [4.78, 5) is 6.82. The molecule has 0 aliphatic carbocycles. The van der Waals surface area contributed by atoms with E-state index in [1.807, 2.05) is 25.3 Å². The molecule has 0 aliphatic heterocycles. The van der Waals surface area contributed by atoms with Crippen molar-refractivity contribution >= 4 is 6.08 Å². The van der Waals surface area contributed by atoms with E-state index in [2.05, 4.69) is 9.97 Å². The van der Waals surface area contributed by atoms with Gasteiger partial charge in [-0.3, -0.25) is 0 Å². The number of hydrogen-bond donors (Lipinski definition) is 1. The third kappa shape index (κ3) is 0.964. The van der Waals surface area contributed by atoms with Crippen LogP contribution in [-0.4, -0.2) is 9.97 Å². The maximum atomic E-state index is 3.96. The zero-order valence-electron chi connectivity index (χ0n) is 4.76. The third-order valence-corrected chi connectivity index (χ3v) is 0.857. The predicted octanol–water partition coefficient (Wildman–Crippen LogP) is 1.44. The summed E-state index contributed by atoms with van der Waals surface area (Å²) in [5.41, 5.74) is 0.979. The normalized spacial score (nSPS) is 10.6. The number of aromatic nitrogens is 2. The second kappa shape index (κ2) is 2.31. The van der Waals surface area contributed by atoms with E-state index < -0.39 is 0 Å². The zero-order chi connectivity index (χ0) is 5.82. The summed E-state index contributed by atoms with van der Waals surface area (Å²) >= 11 is 0. The zero-order valence-corrected chi connectivity index (χ0v) is 4.76. The Labute approximate surface area is 48.3 Å². The minimum atomic E-state index is 0.979. The molecule has 1 N–H and O–H groups in total. The van der Waals surface area contributed by atoms with Crippen molar-refractivity contribution in [3.05, 3.63) is 24.3 Å². The average Bonchev–Trinajstić information content (AvgIpc) is 2.19. The molecule has 0 saturated heterocycles. The highest BCUT2D eigenvalue weighted by Crippen LogP contribution is 1.91. The Morgan fingerprint density at radius 2 is 2.62 bits per heavy atom. The van der Waals surface area contributed by atoms with Crippen molar-refractivity contribution in [1.29, 1.82) is 0 Å². The van der Waals surface area contributed by atoms with E-state index in [0.717, 1.165) is 5.69 Å². The SMILES string of the molecule is C/C=C/c1c[nH]cn1. The fraction of sp³-hybridized carbons (Fsp3) is 0.167. The number of aromatic amines is 1. The first-order valence-electron chi connectivity index (χ1n) is 2.55. The highest BCUT2D eigenvalue weighted by Gasteiger charge is 1.80. The Morgan fingerprint density at radius 3 is 3.12 bits per heavy atom. The van der Waals surface area contributed by atoms with E-state index >= 15 is 0 Å². The van der Waals surface area contributed by atoms with Crippen molar-refractivity contribution in [2.45, 2.75) is 6.92 Å². The molecule has 0 bridgehead atoms. The van der Waals surface area contributed by atoms with Crippen molar-refractivity contribution in [2.24, 2.45) is 0 Å². The van der Waals surface area contributed by atoms with Crippen LogP contribution in [0.5, 0.6) is 0 Å². The van der Waals surface area contributed by atoms with Crippen LogP contribution < -0.4 is 0 Å². The lowest BCUT2D eigenvalue weighted by molar-refractivity contribution is 1.31. The van der Waals surface area contributed by atoms with Gasteiger partial charge < -0.3 is 4.98 Å². The van der Waals surface area contributed by atoms with Crippen LogP contribution in [-0.2, 0) is 0 Å². The number of nitrogens with one attached hydrogen (secondary N) is 1. The molecule has 42 valence electrons. The quantitative estimate of drug-likeness (QED) is 0.579. The van der Waals surface area contributed by atoms with Crippen LogP contribution in [0.3, 0.4) is 0 Å². The number of allylic oxidation sites excluding steroid dienone is 1. The summed E-state index contributed by atoms with van der Waals surface area (Å²) in [5, 5.41) is 0. The molecule has 1 heterocycles. The van der Waals surface area contributed by atoms with Crippen LogP contribution in [0.4, 0.5) is 0 Å². The molecule has 0 fully saturated rings. The molecule has 0 saturated carbocycles. The molecule has 1 aromatic heterocycles. The molecule has 0 spiro atoms. The number of hydrogen-bond acceptors (Lipinski definition) is 1. The summed E-state index contributed by atoms with van der Waals surface area (Å²) in [5.74, 6) is 0. The Hall–Kier alpha value is -1.05. The van der Waals surface area contributed by atoms with Crippen LogP contribution in [0.2, 0.25) is 0 Å². The lowest BCUT2D eigenvalue weighted by Gasteiger charge is -1.73. The minimum absolute atomic E-state index is 0.979. The molecule has 8 heavy (non-hydrogen) atoms. The monoisotopic (exact) mass is 108 g/mol. The molecular formula is C6H8N2. The maximum Gasteiger partial charge on any atom is 0.0927 e. The van der Waals surface area contributed by atoms with Gasteiger partial charge in [-0.15, -0.1) is 0 Å². The molecule has 2 heteroatoms. The van der Waals surface area contributed by atoms with Crippen molar-refractivity contribution in [2.75, 3.05) is 0 Å². The van der Waals surface area contributed by atoms with Crippen molar-refractivity contribution in [3.63, 3.8) is 0 Å². The molecule has 0 atom stereocenters. The molecule has 1 aromatic rings. The summed E-state index contributed by atoms with van der Waals surface area (Å²) < 4.78 is 0. The van der Waals surface area contributed by atoms with Crippen LogP contribution in [0.1, 0.15) is 12.6 Å². The predicted molar refractivity (Wildman–Crippen MR) is 33.3 cm³/mol. The number of rotatable bonds is 1. The van der Waals surface area contributed by atoms with E-state index in [1.165, 1.54) is 0 Å². The highest BCUT2D eigenvalue weighted by molar-refractivity contribution is 5.41. The standard InChI is InChI=1S/C6H8N2/c1-2-3-6-4-7-5-8-6/h2-5H,1H3,(H,7,8)/b3-2+. The second-order valence-corrected chi connectivity index (χ2v) is 1.49. The van der Waals surface area contributed by atoms with Crippen LogP contribution >= 0.6 is 0 Å². The van der Waals surface area contributed by atoms with E-state index in [4.69, 9.17) is 0 Å². The van der Waals surface area contributed by atoms with Gasteiger partial charge in [-0.05, 0) is 13.0 Å². The third-order valence-electron chi connectivity index (χ3n) is 0.857. The average molecular weight is 108 g/mol. The fourth-order valence-electron chi connectivity index (χ4n) is 0.534. The van der Waals surface area contributed by atoms with E-state index in [1.54, 1.807) is 6.33 Å². The van der Waals surface area contributed by atoms with Crippen LogP contribution in [0.25, 0.3) is 6.08 Å². The summed E-state index contributed by atoms with van der Waals surface area (Å²) in [6.07, 6.45) is 7.40. The number of H-pyrrole nitrogens is 1. The highest BCUT2D eigenvalue weighted by atomic mass is 14.8. The summed E-state index contributed by atoms with van der Waals surface area (Å²) in [6.45, 7) is 1.97. The molecule has 0 radical (unpaired) electrons. The van der Waals surface area contributed by atoms with Gasteiger partial charge in [0.15, 0.2) is 0 Å². The van der Waals surface area contributed by atoms with E-state index in [0.29, 0.717) is 0 Å². The second-order valence-electron chi connectivity index (χ2n) is 1.49.